The third-order valence-corrected chi connectivity index (χ3v) is 9.87. The van der Waals surface area contributed by atoms with Gasteiger partial charge < -0.3 is 9.32 Å². The minimum absolute atomic E-state index is 0.0844. The van der Waals surface area contributed by atoms with Gasteiger partial charge in [-0.15, -0.1) is 0 Å². The van der Waals surface area contributed by atoms with Crippen molar-refractivity contribution in [1.82, 2.24) is 15.0 Å². The second-order valence-electron chi connectivity index (χ2n) is 12.8. The van der Waals surface area contributed by atoms with Crippen LogP contribution in [-0.2, 0) is 0 Å². The van der Waals surface area contributed by atoms with Crippen molar-refractivity contribution in [3.05, 3.63) is 181 Å². The Balaban J connectivity index is 1.11. The molecule has 8 aromatic rings. The lowest BCUT2D eigenvalue weighted by Crippen LogP contribution is -2.30. The van der Waals surface area contributed by atoms with Crippen LogP contribution < -0.4 is 4.90 Å². The minimum Gasteiger partial charge on any atom is -0.456 e. The highest BCUT2D eigenvalue weighted by molar-refractivity contribution is 5.93. The van der Waals surface area contributed by atoms with E-state index in [2.05, 4.69) is 114 Å². The molecule has 2 aromatic heterocycles. The van der Waals surface area contributed by atoms with Gasteiger partial charge >= 0.3 is 0 Å². The maximum absolute atomic E-state index is 6.55. The number of hydrogen-bond acceptors (Lipinski definition) is 5. The molecule has 0 fully saturated rings. The van der Waals surface area contributed by atoms with E-state index in [0.29, 0.717) is 17.5 Å². The Labute approximate surface area is 289 Å². The summed E-state index contributed by atoms with van der Waals surface area (Å²) in [6.07, 6.45) is 4.45. The van der Waals surface area contributed by atoms with Gasteiger partial charge in [0.15, 0.2) is 17.5 Å². The fourth-order valence-electron chi connectivity index (χ4n) is 7.61. The highest BCUT2D eigenvalue weighted by Gasteiger charge is 2.43. The predicted octanol–water partition coefficient (Wildman–Crippen LogP) is 11.0. The number of fused-ring (bicyclic) bond motifs is 7. The summed E-state index contributed by atoms with van der Waals surface area (Å²) in [4.78, 5) is 17.4. The minimum atomic E-state index is 0.0844. The SMILES string of the molecule is C1=CC2C(c3ccccc3N2c2cccc(-c3ccccc3)c2)c2c1oc1ccc(-c3nc(-c4ccccc4)nc(-c4ccccc4)n3)cc21. The molecule has 2 unspecified atom stereocenters. The summed E-state index contributed by atoms with van der Waals surface area (Å²) < 4.78 is 6.55. The molecule has 2 atom stereocenters. The molecule has 0 spiro atoms. The van der Waals surface area contributed by atoms with E-state index in [-0.39, 0.29) is 12.0 Å². The van der Waals surface area contributed by atoms with Crippen LogP contribution in [0.25, 0.3) is 62.3 Å². The van der Waals surface area contributed by atoms with Crippen LogP contribution in [0.3, 0.4) is 0 Å². The van der Waals surface area contributed by atoms with Gasteiger partial charge in [-0.3, -0.25) is 0 Å². The number of anilines is 2. The molecule has 0 bridgehead atoms. The number of para-hydroxylation sites is 1. The van der Waals surface area contributed by atoms with Gasteiger partial charge in [0.05, 0.1) is 6.04 Å². The maximum atomic E-state index is 6.55. The molecule has 0 saturated carbocycles. The summed E-state index contributed by atoms with van der Waals surface area (Å²) in [5.41, 5.74) is 10.9. The fourth-order valence-corrected chi connectivity index (χ4v) is 7.61. The third kappa shape index (κ3) is 4.66. The molecule has 50 heavy (non-hydrogen) atoms. The molecule has 1 aliphatic carbocycles. The van der Waals surface area contributed by atoms with Crippen LogP contribution in [0.4, 0.5) is 11.4 Å². The highest BCUT2D eigenvalue weighted by Crippen LogP contribution is 2.54. The molecule has 6 aromatic carbocycles. The van der Waals surface area contributed by atoms with Crippen molar-refractivity contribution in [1.29, 1.82) is 0 Å². The number of furan rings is 1. The van der Waals surface area contributed by atoms with Gasteiger partial charge in [-0.2, -0.15) is 0 Å². The van der Waals surface area contributed by atoms with Crippen molar-refractivity contribution in [2.45, 2.75) is 12.0 Å². The molecular weight excluding hydrogens is 613 g/mol. The van der Waals surface area contributed by atoms with Crippen LogP contribution in [0, 0.1) is 0 Å². The number of aromatic nitrogens is 3. The Bertz CT molecular complexity index is 2500. The Hall–Kier alpha value is -6.59. The largest absolute Gasteiger partial charge is 0.456 e. The Kier molecular flexibility index (Phi) is 6.56. The average molecular weight is 643 g/mol. The van der Waals surface area contributed by atoms with Gasteiger partial charge in [0.25, 0.3) is 0 Å². The van der Waals surface area contributed by atoms with Gasteiger partial charge in [0.1, 0.15) is 11.3 Å². The van der Waals surface area contributed by atoms with E-state index >= 15 is 0 Å². The monoisotopic (exact) mass is 642 g/mol. The first kappa shape index (κ1) is 28.4. The van der Waals surface area contributed by atoms with Crippen molar-refractivity contribution < 1.29 is 4.42 Å². The number of benzene rings is 6. The summed E-state index contributed by atoms with van der Waals surface area (Å²) >= 11 is 0. The van der Waals surface area contributed by atoms with Crippen molar-refractivity contribution in [3.8, 4) is 45.3 Å². The molecular formula is C45H30N4O. The summed E-state index contributed by atoms with van der Waals surface area (Å²) in [6.45, 7) is 0. The molecule has 5 heteroatoms. The van der Waals surface area contributed by atoms with Crippen LogP contribution in [0.5, 0.6) is 0 Å². The van der Waals surface area contributed by atoms with Crippen LogP contribution in [0.2, 0.25) is 0 Å². The lowest BCUT2D eigenvalue weighted by molar-refractivity contribution is 0.584. The van der Waals surface area contributed by atoms with Crippen LogP contribution >= 0.6 is 0 Å². The van der Waals surface area contributed by atoms with E-state index in [1.807, 2.05) is 60.7 Å². The summed E-state index contributed by atoms with van der Waals surface area (Å²) in [7, 11) is 0. The molecule has 3 heterocycles. The zero-order valence-corrected chi connectivity index (χ0v) is 27.0. The fraction of sp³-hybridized carbons (Fsp3) is 0.0444. The number of rotatable bonds is 5. The van der Waals surface area contributed by atoms with Crippen LogP contribution in [0.15, 0.2) is 168 Å². The van der Waals surface area contributed by atoms with E-state index in [0.717, 1.165) is 33.4 Å². The van der Waals surface area contributed by atoms with Gasteiger partial charge in [-0.25, -0.2) is 15.0 Å². The quantitative estimate of drug-likeness (QED) is 0.187. The van der Waals surface area contributed by atoms with E-state index in [1.165, 1.54) is 33.6 Å². The lowest BCUT2D eigenvalue weighted by atomic mass is 9.82. The molecule has 236 valence electrons. The van der Waals surface area contributed by atoms with Crippen molar-refractivity contribution in [3.63, 3.8) is 0 Å². The second-order valence-corrected chi connectivity index (χ2v) is 12.8. The van der Waals surface area contributed by atoms with Crippen LogP contribution in [0.1, 0.15) is 22.8 Å². The Morgan fingerprint density at radius 1 is 0.500 bits per heavy atom. The Morgan fingerprint density at radius 2 is 1.10 bits per heavy atom. The molecule has 5 nitrogen and oxygen atoms in total. The lowest BCUT2D eigenvalue weighted by Gasteiger charge is -2.30. The normalized spacial score (nSPS) is 15.9. The van der Waals surface area contributed by atoms with Crippen molar-refractivity contribution in [2.24, 2.45) is 0 Å². The second kappa shape index (κ2) is 11.5. The zero-order valence-electron chi connectivity index (χ0n) is 27.0. The summed E-state index contributed by atoms with van der Waals surface area (Å²) in [6, 6.07) is 54.8. The van der Waals surface area contributed by atoms with E-state index in [1.54, 1.807) is 0 Å². The molecule has 2 aliphatic rings. The third-order valence-electron chi connectivity index (χ3n) is 9.87. The zero-order chi connectivity index (χ0) is 33.0. The standard InChI is InChI=1S/C45H30N4O/c1-4-13-29(14-5-1)32-19-12-20-34(27-32)49-37-22-11-10-21-35(37)41-38(49)24-26-40-42(41)36-28-33(23-25-39(36)50-40)45-47-43(30-15-6-2-7-16-30)46-44(48-45)31-17-8-3-9-18-31/h1-28,38,41H. The van der Waals surface area contributed by atoms with Gasteiger partial charge in [-0.05, 0) is 59.2 Å². The van der Waals surface area contributed by atoms with Crippen molar-refractivity contribution in [2.75, 3.05) is 4.90 Å². The number of hydrogen-bond donors (Lipinski definition) is 0. The van der Waals surface area contributed by atoms with Gasteiger partial charge in [-0.1, -0.05) is 127 Å². The van der Waals surface area contributed by atoms with Gasteiger partial charge in [0, 0.05) is 44.9 Å². The maximum Gasteiger partial charge on any atom is 0.164 e. The molecule has 10 rings (SSSR count). The first-order chi connectivity index (χ1) is 24.8. The summed E-state index contributed by atoms with van der Waals surface area (Å²) in [5.74, 6) is 2.90. The van der Waals surface area contributed by atoms with Gasteiger partial charge in [0.2, 0.25) is 0 Å². The molecule has 0 N–H and O–H groups in total. The topological polar surface area (TPSA) is 55.1 Å². The van der Waals surface area contributed by atoms with Crippen LogP contribution in [-0.4, -0.2) is 21.0 Å². The average Bonchev–Trinajstić information content (AvgIpc) is 3.74. The molecule has 0 amide bonds. The highest BCUT2D eigenvalue weighted by atomic mass is 16.3. The van der Waals surface area contributed by atoms with Crippen molar-refractivity contribution >= 4 is 28.4 Å². The molecule has 0 radical (unpaired) electrons. The van der Waals surface area contributed by atoms with E-state index < -0.39 is 0 Å². The van der Waals surface area contributed by atoms with E-state index in [4.69, 9.17) is 19.4 Å². The molecule has 0 saturated heterocycles. The Morgan fingerprint density at radius 3 is 1.80 bits per heavy atom. The summed E-state index contributed by atoms with van der Waals surface area (Å²) in [5, 5.41) is 1.08. The number of nitrogens with zero attached hydrogens (tertiary/aromatic N) is 4. The smallest absolute Gasteiger partial charge is 0.164 e. The first-order valence-corrected chi connectivity index (χ1v) is 16.9. The first-order valence-electron chi connectivity index (χ1n) is 16.9. The molecule has 1 aliphatic heterocycles. The predicted molar refractivity (Wildman–Crippen MR) is 201 cm³/mol. The van der Waals surface area contributed by atoms with E-state index in [9.17, 15) is 0 Å².